The average molecular weight is 286 g/mol. The van der Waals surface area contributed by atoms with Gasteiger partial charge in [0.25, 0.3) is 0 Å². The van der Waals surface area contributed by atoms with Crippen LogP contribution in [0.2, 0.25) is 0 Å². The van der Waals surface area contributed by atoms with E-state index in [1.165, 1.54) is 0 Å². The zero-order valence-corrected chi connectivity index (χ0v) is 13.6. The molecule has 0 amide bonds. The van der Waals surface area contributed by atoms with E-state index in [4.69, 9.17) is 4.74 Å². The highest BCUT2D eigenvalue weighted by molar-refractivity contribution is 5.86. The molecule has 0 saturated heterocycles. The Morgan fingerprint density at radius 1 is 1.05 bits per heavy atom. The first-order valence-electron chi connectivity index (χ1n) is 7.60. The van der Waals surface area contributed by atoms with Gasteiger partial charge in [-0.1, -0.05) is 20.3 Å². The second-order valence-corrected chi connectivity index (χ2v) is 5.85. The van der Waals surface area contributed by atoms with Crippen LogP contribution in [0.5, 0.6) is 0 Å². The van der Waals surface area contributed by atoms with E-state index in [-0.39, 0.29) is 11.6 Å². The lowest BCUT2D eigenvalue weighted by atomic mass is 9.94. The fourth-order valence-corrected chi connectivity index (χ4v) is 1.78. The molecule has 0 aliphatic rings. The molecule has 4 heteroatoms. The Balaban J connectivity index is 3.84. The molecule has 0 aromatic rings. The molecular weight excluding hydrogens is 256 g/mol. The van der Waals surface area contributed by atoms with Crippen LogP contribution in [0.3, 0.4) is 0 Å². The third-order valence-corrected chi connectivity index (χ3v) is 4.18. The zero-order valence-electron chi connectivity index (χ0n) is 13.6. The molecule has 118 valence electrons. The van der Waals surface area contributed by atoms with Crippen LogP contribution in [0, 0.1) is 0 Å². The predicted octanol–water partition coefficient (Wildman–Crippen LogP) is 3.05. The summed E-state index contributed by atoms with van der Waals surface area (Å²) in [6.07, 6.45) is 3.95. The summed E-state index contributed by atoms with van der Waals surface area (Å²) in [5, 5.41) is 9.78. The van der Waals surface area contributed by atoms with Gasteiger partial charge in [0, 0.05) is 13.0 Å². The summed E-state index contributed by atoms with van der Waals surface area (Å²) in [5.74, 6) is -0.0442. The summed E-state index contributed by atoms with van der Waals surface area (Å²) in [5.41, 5.74) is -1.87. The van der Waals surface area contributed by atoms with E-state index in [0.717, 1.165) is 19.3 Å². The number of hydrogen-bond acceptors (Lipinski definition) is 4. The predicted molar refractivity (Wildman–Crippen MR) is 79.7 cm³/mol. The van der Waals surface area contributed by atoms with E-state index in [9.17, 15) is 14.7 Å². The van der Waals surface area contributed by atoms with Crippen LogP contribution in [0.25, 0.3) is 0 Å². The first-order chi connectivity index (χ1) is 9.19. The minimum absolute atomic E-state index is 0.0502. The lowest BCUT2D eigenvalue weighted by molar-refractivity contribution is -0.140. The van der Waals surface area contributed by atoms with E-state index in [1.54, 1.807) is 20.8 Å². The maximum absolute atomic E-state index is 11.7. The fourth-order valence-electron chi connectivity index (χ4n) is 1.78. The first-order valence-corrected chi connectivity index (χ1v) is 7.60. The monoisotopic (exact) mass is 286 g/mol. The summed E-state index contributed by atoms with van der Waals surface area (Å²) in [4.78, 5) is 23.1. The van der Waals surface area contributed by atoms with E-state index in [0.29, 0.717) is 25.9 Å². The molecule has 2 atom stereocenters. The molecular formula is C16H30O4. The highest BCUT2D eigenvalue weighted by Crippen LogP contribution is 2.18. The van der Waals surface area contributed by atoms with E-state index in [1.807, 2.05) is 13.8 Å². The Hall–Kier alpha value is -0.740. The van der Waals surface area contributed by atoms with Crippen LogP contribution in [-0.2, 0) is 14.3 Å². The van der Waals surface area contributed by atoms with Gasteiger partial charge in [0.05, 0.1) is 0 Å². The smallest absolute Gasteiger partial charge is 0.164 e. The minimum Gasteiger partial charge on any atom is -0.382 e. The largest absolute Gasteiger partial charge is 0.382 e. The minimum atomic E-state index is -1.19. The second-order valence-electron chi connectivity index (χ2n) is 5.85. The van der Waals surface area contributed by atoms with Gasteiger partial charge in [-0.3, -0.25) is 9.59 Å². The highest BCUT2D eigenvalue weighted by atomic mass is 16.5. The van der Waals surface area contributed by atoms with Crippen molar-refractivity contribution in [2.24, 2.45) is 0 Å². The molecule has 0 aliphatic heterocycles. The standard InChI is InChI=1S/C16H30O4/c1-6-15(4,19)14(18)11-9-8-10-12-20-16(5,7-2)13(3)17/h19H,6-12H2,1-5H3. The number of carbonyl (C=O) groups is 2. The molecule has 0 bridgehead atoms. The molecule has 0 fully saturated rings. The molecule has 20 heavy (non-hydrogen) atoms. The molecule has 0 radical (unpaired) electrons. The molecule has 4 nitrogen and oxygen atoms in total. The fraction of sp³-hybridized carbons (Fsp3) is 0.875. The number of unbranched alkanes of at least 4 members (excludes halogenated alkanes) is 2. The molecule has 1 N–H and O–H groups in total. The van der Waals surface area contributed by atoms with Crippen molar-refractivity contribution in [2.75, 3.05) is 6.61 Å². The van der Waals surface area contributed by atoms with E-state index in [2.05, 4.69) is 0 Å². The summed E-state index contributed by atoms with van der Waals surface area (Å²) in [6.45, 7) is 9.21. The van der Waals surface area contributed by atoms with Gasteiger partial charge < -0.3 is 9.84 Å². The highest BCUT2D eigenvalue weighted by Gasteiger charge is 2.28. The van der Waals surface area contributed by atoms with Gasteiger partial charge >= 0.3 is 0 Å². The van der Waals surface area contributed by atoms with E-state index < -0.39 is 11.2 Å². The Bertz CT molecular complexity index is 322. The van der Waals surface area contributed by atoms with Crippen LogP contribution in [0.1, 0.15) is 73.1 Å². The normalized spacial score (nSPS) is 17.3. The summed E-state index contributed by atoms with van der Waals surface area (Å²) < 4.78 is 5.65. The van der Waals surface area contributed by atoms with Crippen molar-refractivity contribution in [1.82, 2.24) is 0 Å². The molecule has 0 heterocycles. The topological polar surface area (TPSA) is 63.6 Å². The maximum atomic E-state index is 11.7. The molecule has 0 rings (SSSR count). The Morgan fingerprint density at radius 3 is 2.10 bits per heavy atom. The lowest BCUT2D eigenvalue weighted by Crippen LogP contribution is -2.36. The molecule has 0 spiro atoms. The number of aliphatic hydroxyl groups is 1. The SMILES string of the molecule is CCC(C)(O)C(=O)CCCCCOC(C)(CC)C(C)=O. The van der Waals surface area contributed by atoms with Crippen LogP contribution >= 0.6 is 0 Å². The summed E-state index contributed by atoms with van der Waals surface area (Å²) >= 11 is 0. The van der Waals surface area contributed by atoms with Crippen molar-refractivity contribution in [3.8, 4) is 0 Å². The zero-order chi connectivity index (χ0) is 15.8. The van der Waals surface area contributed by atoms with Crippen molar-refractivity contribution in [3.05, 3.63) is 0 Å². The first kappa shape index (κ1) is 19.3. The van der Waals surface area contributed by atoms with Gasteiger partial charge in [0.1, 0.15) is 11.2 Å². The quantitative estimate of drug-likeness (QED) is 0.593. The van der Waals surface area contributed by atoms with Crippen LogP contribution in [0.15, 0.2) is 0 Å². The Kier molecular flexibility index (Phi) is 8.21. The van der Waals surface area contributed by atoms with Gasteiger partial charge in [-0.15, -0.1) is 0 Å². The van der Waals surface area contributed by atoms with Crippen molar-refractivity contribution < 1.29 is 19.4 Å². The number of Topliss-reactive ketones (excluding diaryl/α,β-unsaturated/α-hetero) is 2. The number of carbonyl (C=O) groups excluding carboxylic acids is 2. The van der Waals surface area contributed by atoms with Crippen LogP contribution in [-0.4, -0.2) is 34.5 Å². The van der Waals surface area contributed by atoms with E-state index >= 15 is 0 Å². The van der Waals surface area contributed by atoms with Gasteiger partial charge in [-0.05, 0) is 46.5 Å². The molecule has 0 aromatic carbocycles. The summed E-state index contributed by atoms with van der Waals surface area (Å²) in [6, 6.07) is 0. The number of hydrogen-bond donors (Lipinski definition) is 1. The second kappa shape index (κ2) is 8.53. The molecule has 0 saturated carbocycles. The Morgan fingerprint density at radius 2 is 1.65 bits per heavy atom. The van der Waals surface area contributed by atoms with Crippen molar-refractivity contribution in [2.45, 2.75) is 84.3 Å². The third-order valence-electron chi connectivity index (χ3n) is 4.18. The van der Waals surface area contributed by atoms with Crippen molar-refractivity contribution in [1.29, 1.82) is 0 Å². The lowest BCUT2D eigenvalue weighted by Gasteiger charge is -2.25. The third kappa shape index (κ3) is 6.14. The van der Waals surface area contributed by atoms with Crippen molar-refractivity contribution in [3.63, 3.8) is 0 Å². The number of ketones is 2. The van der Waals surface area contributed by atoms with Crippen molar-refractivity contribution >= 4 is 11.6 Å². The number of rotatable bonds is 11. The number of ether oxygens (including phenoxy) is 1. The molecule has 0 aliphatic carbocycles. The Labute approximate surface area is 122 Å². The van der Waals surface area contributed by atoms with Crippen LogP contribution < -0.4 is 0 Å². The van der Waals surface area contributed by atoms with Gasteiger partial charge in [0.2, 0.25) is 0 Å². The van der Waals surface area contributed by atoms with Gasteiger partial charge in [-0.25, -0.2) is 0 Å². The molecule has 0 aromatic heterocycles. The molecule has 2 unspecified atom stereocenters. The van der Waals surface area contributed by atoms with Crippen LogP contribution in [0.4, 0.5) is 0 Å². The van der Waals surface area contributed by atoms with Gasteiger partial charge in [-0.2, -0.15) is 0 Å². The van der Waals surface area contributed by atoms with Gasteiger partial charge in [0.15, 0.2) is 11.6 Å². The average Bonchev–Trinajstić information content (AvgIpc) is 2.41. The maximum Gasteiger partial charge on any atom is 0.164 e. The summed E-state index contributed by atoms with van der Waals surface area (Å²) in [7, 11) is 0.